The topological polar surface area (TPSA) is 452 Å². The number of hydrogen-bond acceptors (Lipinski definition) is 19. The number of urea groups is 1. The van der Waals surface area contributed by atoms with Crippen LogP contribution in [0.4, 0.5) is 4.79 Å². The first-order valence-electron chi connectivity index (χ1n) is 29.5. The number of nitrogens with two attached hydrogens (primary N) is 2. The number of aliphatic imine (C=N–C) groups is 1. The number of nitrogens with zero attached hydrogens (tertiary/aromatic N) is 3. The van der Waals surface area contributed by atoms with E-state index < -0.39 is 54.0 Å². The summed E-state index contributed by atoms with van der Waals surface area (Å²) in [6.07, 6.45) is 3.49. The fourth-order valence-corrected chi connectivity index (χ4v) is 8.44. The number of benzene rings is 3. The molecule has 0 saturated carbocycles. The molecule has 490 valence electrons. The lowest BCUT2D eigenvalue weighted by Crippen LogP contribution is -2.48. The van der Waals surface area contributed by atoms with E-state index in [1.165, 1.54) is 12.1 Å². The Bertz CT molecular complexity index is 2720. The number of unbranched alkanes of at least 4 members (excludes halogenated alkanes) is 2. The van der Waals surface area contributed by atoms with Crippen LogP contribution in [0.15, 0.2) is 77.8 Å². The minimum atomic E-state index is -1.08. The van der Waals surface area contributed by atoms with Crippen molar-refractivity contribution in [3.8, 4) is 11.5 Å². The van der Waals surface area contributed by atoms with Gasteiger partial charge in [0, 0.05) is 97.1 Å². The molecular formula is C59H89N15O15. The summed E-state index contributed by atoms with van der Waals surface area (Å²) in [4.78, 5) is 129. The molecule has 0 aliphatic rings. The van der Waals surface area contributed by atoms with Crippen LogP contribution in [0.25, 0.3) is 0 Å². The first-order chi connectivity index (χ1) is 42.7. The maximum atomic E-state index is 13.4. The van der Waals surface area contributed by atoms with E-state index >= 15 is 0 Å². The molecular weight excluding hydrogens is 1160 g/mol. The first kappa shape index (κ1) is 74.4. The normalized spacial score (nSPS) is 12.2. The predicted octanol–water partition coefficient (Wildman–Crippen LogP) is -1.49. The molecule has 0 heterocycles. The van der Waals surface area contributed by atoms with Gasteiger partial charge in [0.2, 0.25) is 23.6 Å². The van der Waals surface area contributed by atoms with Crippen LogP contribution < -0.4 is 69.4 Å². The van der Waals surface area contributed by atoms with Gasteiger partial charge in [-0.25, -0.2) is 4.79 Å². The van der Waals surface area contributed by atoms with E-state index in [1.54, 1.807) is 77.4 Å². The summed E-state index contributed by atoms with van der Waals surface area (Å²) in [5.74, 6) is -4.31. The van der Waals surface area contributed by atoms with Crippen molar-refractivity contribution in [2.75, 3.05) is 98.2 Å². The van der Waals surface area contributed by atoms with Gasteiger partial charge < -0.3 is 78.6 Å². The number of carbonyl (C=O) groups is 10. The monoisotopic (exact) mass is 1250 g/mol. The number of nitrogens with one attached hydrogen (secondary N) is 10. The molecule has 0 spiro atoms. The second kappa shape index (κ2) is 43.8. The molecule has 3 aromatic carbocycles. The second-order valence-electron chi connectivity index (χ2n) is 20.6. The van der Waals surface area contributed by atoms with Crippen LogP contribution in [0.5, 0.6) is 11.5 Å². The van der Waals surface area contributed by atoms with Gasteiger partial charge in [0.05, 0.1) is 38.7 Å². The molecule has 18 N–H and O–H groups in total. The molecule has 89 heavy (non-hydrogen) atoms. The van der Waals surface area contributed by atoms with Crippen molar-refractivity contribution >= 4 is 65.7 Å². The van der Waals surface area contributed by atoms with Crippen LogP contribution in [0.3, 0.4) is 0 Å². The van der Waals surface area contributed by atoms with E-state index in [-0.39, 0.29) is 134 Å². The Balaban J connectivity index is 1.32. The molecule has 0 fully saturated rings. The fourth-order valence-electron chi connectivity index (χ4n) is 8.44. The third-order valence-corrected chi connectivity index (χ3v) is 13.3. The Morgan fingerprint density at radius 3 is 1.97 bits per heavy atom. The second-order valence-corrected chi connectivity index (χ2v) is 20.6. The van der Waals surface area contributed by atoms with Crippen molar-refractivity contribution < 1.29 is 73.1 Å². The number of guanidine groups is 1. The summed E-state index contributed by atoms with van der Waals surface area (Å²) >= 11 is 0. The van der Waals surface area contributed by atoms with Crippen LogP contribution in [0.2, 0.25) is 0 Å². The van der Waals surface area contributed by atoms with Crippen LogP contribution in [-0.2, 0) is 57.9 Å². The zero-order valence-corrected chi connectivity index (χ0v) is 50.4. The summed E-state index contributed by atoms with van der Waals surface area (Å²) in [6.45, 7) is 4.21. The zero-order chi connectivity index (χ0) is 65.2. The Kier molecular flexibility index (Phi) is 36.6. The van der Waals surface area contributed by atoms with Crippen molar-refractivity contribution in [1.29, 1.82) is 0 Å². The molecule has 0 aromatic heterocycles. The summed E-state index contributed by atoms with van der Waals surface area (Å²) in [5, 5.41) is 64.9. The molecule has 30 nitrogen and oxygen atoms in total. The number of ether oxygens (including phenoxy) is 1. The van der Waals surface area contributed by atoms with Crippen molar-refractivity contribution in [3.63, 3.8) is 0 Å². The number of phenols is 1. The molecule has 0 radical (unpaired) electrons. The Morgan fingerprint density at radius 2 is 1.29 bits per heavy atom. The molecule has 3 aromatic rings. The minimum Gasteiger partial charge on any atom is -0.508 e. The van der Waals surface area contributed by atoms with Crippen LogP contribution >= 0.6 is 0 Å². The Morgan fingerprint density at radius 1 is 0.640 bits per heavy atom. The van der Waals surface area contributed by atoms with Crippen molar-refractivity contribution in [1.82, 2.24) is 63.0 Å². The highest BCUT2D eigenvalue weighted by atomic mass is 16.5. The lowest BCUT2D eigenvalue weighted by atomic mass is 10.1. The van der Waals surface area contributed by atoms with Crippen LogP contribution in [0.1, 0.15) is 85.3 Å². The van der Waals surface area contributed by atoms with Gasteiger partial charge in [-0.3, -0.25) is 69.1 Å². The van der Waals surface area contributed by atoms with E-state index in [2.05, 4.69) is 58.2 Å². The van der Waals surface area contributed by atoms with Gasteiger partial charge >= 0.3 is 23.9 Å². The number of phenolic OH excluding ortho intramolecular Hbond substituents is 1. The maximum absolute atomic E-state index is 13.4. The first-order valence-corrected chi connectivity index (χ1v) is 29.5. The molecule has 0 aliphatic heterocycles. The van der Waals surface area contributed by atoms with Crippen molar-refractivity contribution in [2.24, 2.45) is 16.5 Å². The summed E-state index contributed by atoms with van der Waals surface area (Å²) in [7, 11) is 0. The number of aromatic hydroxyl groups is 1. The molecule has 0 bridgehead atoms. The lowest BCUT2D eigenvalue weighted by molar-refractivity contribution is -0.140. The highest BCUT2D eigenvalue weighted by Crippen LogP contribution is 2.15. The number of aldehydes is 1. The van der Waals surface area contributed by atoms with Crippen LogP contribution in [0, 0.1) is 0 Å². The molecule has 0 aliphatic carbocycles. The number of aliphatic carboxylic acids is 3. The zero-order valence-electron chi connectivity index (χ0n) is 50.4. The van der Waals surface area contributed by atoms with Gasteiger partial charge in [-0.2, -0.15) is 0 Å². The summed E-state index contributed by atoms with van der Waals surface area (Å²) < 4.78 is 5.93. The number of carbonyl (C=O) groups excluding carboxylic acids is 7. The third kappa shape index (κ3) is 35.0. The van der Waals surface area contributed by atoms with E-state index in [0.717, 1.165) is 11.1 Å². The minimum absolute atomic E-state index is 0.0518. The quantitative estimate of drug-likeness (QED) is 0.0101. The Labute approximate surface area is 517 Å². The number of rotatable bonds is 47. The molecule has 3 atom stereocenters. The molecule has 0 saturated heterocycles. The largest absolute Gasteiger partial charge is 0.508 e. The van der Waals surface area contributed by atoms with Gasteiger partial charge in [-0.05, 0) is 98.0 Å². The third-order valence-electron chi connectivity index (χ3n) is 13.3. The molecule has 3 rings (SSSR count). The highest BCUT2D eigenvalue weighted by molar-refractivity contribution is 5.95. The average Bonchev–Trinajstić information content (AvgIpc) is 3.69. The summed E-state index contributed by atoms with van der Waals surface area (Å²) in [5.41, 5.74) is 14.6. The number of carboxylic acids is 3. The van der Waals surface area contributed by atoms with Gasteiger partial charge in [-0.15, -0.1) is 0 Å². The fraction of sp³-hybridized carbons (Fsp3) is 0.508. The van der Waals surface area contributed by atoms with Gasteiger partial charge in [0.25, 0.3) is 5.91 Å². The van der Waals surface area contributed by atoms with Gasteiger partial charge in [-0.1, -0.05) is 43.3 Å². The average molecular weight is 1250 g/mol. The van der Waals surface area contributed by atoms with Crippen molar-refractivity contribution in [3.05, 3.63) is 95.1 Å². The Hall–Kier alpha value is -8.81. The number of carboxylic acid groups (broad SMARTS) is 3. The number of hydrogen-bond donors (Lipinski definition) is 16. The van der Waals surface area contributed by atoms with E-state index in [0.29, 0.717) is 87.8 Å². The molecule has 1 unspecified atom stereocenters. The van der Waals surface area contributed by atoms with E-state index in [1.807, 2.05) is 0 Å². The van der Waals surface area contributed by atoms with Crippen molar-refractivity contribution in [2.45, 2.75) is 96.1 Å². The molecule has 7 amide bonds. The van der Waals surface area contributed by atoms with E-state index in [4.69, 9.17) is 21.3 Å². The standard InChI is InChI=1S/C59H89N15O15/c1-2-50(77)64-24-25-68-59(88)72-58(61)67-23-8-12-48(57(87)70-36-42-15-19-45(76)20-16-42)71-51(78)34-43-9-7-10-46(33-43)89-32-6-5-22-66-56(86)47(60)11-3-4-21-65-55(85)44-17-13-41(14-18-44)35-69-49(40-75)63-27-29-74(39-54(83)84)31-30-73(38-53(81)82)28-26-62-37-52(79)80/h7,9-10,13-20,33,40,47-49,62-63,69,76H,2-6,8,11-12,21-32,34-39,60H2,1H3,(H,64,77)(H,65,85)(H,66,86)(H,70,87)(H,71,78)(H,79,80)(H,81,82)(H,83,84)(H4,61,67,68,72,88)/t47-,48-,49?/m1/s1. The number of amides is 7. The van der Waals surface area contributed by atoms with Crippen LogP contribution in [-0.4, -0.2) is 212 Å². The van der Waals surface area contributed by atoms with E-state index in [9.17, 15) is 63.3 Å². The molecule has 30 heteroatoms. The smallest absolute Gasteiger partial charge is 0.321 e. The maximum Gasteiger partial charge on any atom is 0.321 e. The SMILES string of the molecule is CCC(=O)NCCNC(=O)NC(N)=NCCC[C@@H](NC(=O)Cc1cccc(OCCCCNC(=O)[C@H](N)CCCCNC(=O)c2ccc(CNC(C=O)NCCN(CCN(CCNCC(=O)O)CC(=O)O)CC(=O)O)cc2)c1)C(=O)NCc1ccc(O)cc1. The predicted molar refractivity (Wildman–Crippen MR) is 329 cm³/mol. The van der Waals surface area contributed by atoms with Gasteiger partial charge in [0.15, 0.2) is 12.2 Å². The summed E-state index contributed by atoms with van der Waals surface area (Å²) in [6, 6.07) is 17.9. The lowest BCUT2D eigenvalue weighted by Gasteiger charge is -2.26. The van der Waals surface area contributed by atoms with Gasteiger partial charge in [0.1, 0.15) is 23.7 Å². The highest BCUT2D eigenvalue weighted by Gasteiger charge is 2.22.